The molecule has 112 valence electrons. The molecule has 1 N–H and O–H groups in total. The van der Waals surface area contributed by atoms with E-state index in [9.17, 15) is 5.11 Å². The van der Waals surface area contributed by atoms with Crippen LogP contribution in [0.5, 0.6) is 0 Å². The Hall–Kier alpha value is -1.32. The van der Waals surface area contributed by atoms with Gasteiger partial charge in [0.05, 0.1) is 0 Å². The monoisotopic (exact) mass is 285 g/mol. The van der Waals surface area contributed by atoms with Crippen LogP contribution in [0.4, 0.5) is 0 Å². The van der Waals surface area contributed by atoms with Crippen LogP contribution >= 0.6 is 0 Å². The van der Waals surface area contributed by atoms with Gasteiger partial charge in [-0.25, -0.2) is 0 Å². The van der Waals surface area contributed by atoms with Gasteiger partial charge >= 0.3 is 0 Å². The molecule has 2 fully saturated rings. The Balaban J connectivity index is 1.62. The van der Waals surface area contributed by atoms with E-state index in [2.05, 4.69) is 31.0 Å². The van der Waals surface area contributed by atoms with Crippen LogP contribution in [-0.2, 0) is 0 Å². The number of furan rings is 1. The molecule has 1 aromatic heterocycles. The van der Waals surface area contributed by atoms with E-state index in [1.807, 2.05) is 12.1 Å². The molecule has 3 nitrogen and oxygen atoms in total. The lowest BCUT2D eigenvalue weighted by molar-refractivity contribution is 0.0244. The van der Waals surface area contributed by atoms with Crippen molar-refractivity contribution in [3.8, 4) is 0 Å². The first-order valence-corrected chi connectivity index (χ1v) is 8.02. The third-order valence-corrected chi connectivity index (χ3v) is 5.63. The van der Waals surface area contributed by atoms with Crippen molar-refractivity contribution in [3.63, 3.8) is 0 Å². The molecule has 3 heterocycles. The Labute approximate surface area is 125 Å². The first kappa shape index (κ1) is 13.4. The molecule has 4 rings (SSSR count). The Morgan fingerprint density at radius 1 is 1.24 bits per heavy atom. The van der Waals surface area contributed by atoms with E-state index in [0.29, 0.717) is 18.0 Å². The van der Waals surface area contributed by atoms with Gasteiger partial charge in [0.1, 0.15) is 17.4 Å². The van der Waals surface area contributed by atoms with Gasteiger partial charge in [0.2, 0.25) is 0 Å². The Morgan fingerprint density at radius 3 is 2.62 bits per heavy atom. The molecule has 3 heteroatoms. The lowest BCUT2D eigenvalue weighted by Gasteiger charge is -2.37. The summed E-state index contributed by atoms with van der Waals surface area (Å²) < 4.78 is 5.97. The summed E-state index contributed by atoms with van der Waals surface area (Å²) in [7, 11) is 2.23. The maximum atomic E-state index is 10.8. The minimum absolute atomic E-state index is 0.333. The number of piperidine rings is 1. The van der Waals surface area contributed by atoms with Crippen LogP contribution in [-0.4, -0.2) is 29.1 Å². The highest BCUT2D eigenvalue weighted by Crippen LogP contribution is 2.43. The smallest absolute Gasteiger partial charge is 0.137 e. The fourth-order valence-corrected chi connectivity index (χ4v) is 4.32. The van der Waals surface area contributed by atoms with Crippen molar-refractivity contribution in [1.29, 1.82) is 0 Å². The number of rotatable bonds is 2. The number of benzene rings is 1. The molecule has 0 radical (unpaired) electrons. The van der Waals surface area contributed by atoms with E-state index in [0.717, 1.165) is 35.1 Å². The Morgan fingerprint density at radius 2 is 1.95 bits per heavy atom. The fourth-order valence-electron chi connectivity index (χ4n) is 4.32. The van der Waals surface area contributed by atoms with Gasteiger partial charge in [-0.1, -0.05) is 18.2 Å². The van der Waals surface area contributed by atoms with Crippen molar-refractivity contribution in [2.45, 2.75) is 50.8 Å². The van der Waals surface area contributed by atoms with Crippen LogP contribution < -0.4 is 0 Å². The summed E-state index contributed by atoms with van der Waals surface area (Å²) in [5, 5.41) is 11.9. The molecule has 1 aromatic carbocycles. The summed E-state index contributed by atoms with van der Waals surface area (Å²) in [4.78, 5) is 2.51. The van der Waals surface area contributed by atoms with Gasteiger partial charge < -0.3 is 14.4 Å². The first-order valence-electron chi connectivity index (χ1n) is 8.02. The average Bonchev–Trinajstić information content (AvgIpc) is 2.97. The van der Waals surface area contributed by atoms with E-state index in [4.69, 9.17) is 4.42 Å². The zero-order valence-corrected chi connectivity index (χ0v) is 12.7. The zero-order chi connectivity index (χ0) is 14.6. The molecule has 2 saturated heterocycles. The van der Waals surface area contributed by atoms with Crippen LogP contribution in [0.3, 0.4) is 0 Å². The second kappa shape index (κ2) is 4.85. The Bertz CT molecular complexity index is 648. The van der Waals surface area contributed by atoms with Crippen LogP contribution in [0.2, 0.25) is 0 Å². The summed E-state index contributed by atoms with van der Waals surface area (Å²) in [6.45, 7) is 2.05. The molecule has 0 saturated carbocycles. The molecule has 3 unspecified atom stereocenters. The number of para-hydroxylation sites is 1. The topological polar surface area (TPSA) is 36.6 Å². The molecular formula is C18H23NO2. The molecule has 2 aromatic rings. The predicted molar refractivity (Wildman–Crippen MR) is 83.2 cm³/mol. The zero-order valence-electron chi connectivity index (χ0n) is 12.7. The van der Waals surface area contributed by atoms with E-state index in [-0.39, 0.29) is 0 Å². The van der Waals surface area contributed by atoms with E-state index in [1.54, 1.807) is 0 Å². The summed E-state index contributed by atoms with van der Waals surface area (Å²) >= 11 is 0. The Kier molecular flexibility index (Phi) is 3.09. The third kappa shape index (κ3) is 2.11. The second-order valence-electron chi connectivity index (χ2n) is 6.87. The minimum atomic E-state index is -0.464. The number of hydrogen-bond donors (Lipinski definition) is 1. The average molecular weight is 285 g/mol. The maximum absolute atomic E-state index is 10.8. The molecule has 21 heavy (non-hydrogen) atoms. The minimum Gasteiger partial charge on any atom is -0.458 e. The van der Waals surface area contributed by atoms with Crippen LogP contribution in [0.1, 0.15) is 43.1 Å². The summed E-state index contributed by atoms with van der Waals surface area (Å²) in [5.74, 6) is 1.08. The van der Waals surface area contributed by atoms with Gasteiger partial charge in [-0.2, -0.15) is 0 Å². The standard InChI is InChI=1S/C18H23NO2/c1-11-4-3-5-12-10-16(21-18(11)12)17(20)13-8-14-6-7-15(9-13)19(14)2/h3-5,10,13-15,17,20H,6-9H2,1-2H3. The highest BCUT2D eigenvalue weighted by Gasteiger charge is 2.41. The molecule has 2 aliphatic heterocycles. The van der Waals surface area contributed by atoms with Gasteiger partial charge in [-0.3, -0.25) is 0 Å². The highest BCUT2D eigenvalue weighted by molar-refractivity contribution is 5.80. The highest BCUT2D eigenvalue weighted by atomic mass is 16.4. The largest absolute Gasteiger partial charge is 0.458 e. The quantitative estimate of drug-likeness (QED) is 0.915. The van der Waals surface area contributed by atoms with Gasteiger partial charge in [0.25, 0.3) is 0 Å². The lowest BCUT2D eigenvalue weighted by atomic mass is 9.85. The fraction of sp³-hybridized carbons (Fsp3) is 0.556. The number of fused-ring (bicyclic) bond motifs is 3. The van der Waals surface area contributed by atoms with Crippen molar-refractivity contribution in [3.05, 3.63) is 35.6 Å². The van der Waals surface area contributed by atoms with Crippen molar-refractivity contribution in [2.24, 2.45) is 5.92 Å². The summed E-state index contributed by atoms with van der Waals surface area (Å²) in [6.07, 6.45) is 4.27. The van der Waals surface area contributed by atoms with Gasteiger partial charge in [0.15, 0.2) is 0 Å². The molecule has 0 amide bonds. The number of hydrogen-bond acceptors (Lipinski definition) is 3. The molecule has 0 aliphatic carbocycles. The van der Waals surface area contributed by atoms with E-state index >= 15 is 0 Å². The number of aryl methyl sites for hydroxylation is 1. The number of aliphatic hydroxyl groups is 1. The SMILES string of the molecule is Cc1cccc2cc(C(O)C3CC4CCC(C3)N4C)oc12. The predicted octanol–water partition coefficient (Wildman–Crippen LogP) is 3.65. The maximum Gasteiger partial charge on any atom is 0.137 e. The molecule has 3 atom stereocenters. The van der Waals surface area contributed by atoms with Crippen molar-refractivity contribution < 1.29 is 9.52 Å². The van der Waals surface area contributed by atoms with Crippen LogP contribution in [0.25, 0.3) is 11.0 Å². The first-order chi connectivity index (χ1) is 10.1. The van der Waals surface area contributed by atoms with Crippen molar-refractivity contribution >= 4 is 11.0 Å². The second-order valence-corrected chi connectivity index (χ2v) is 6.87. The van der Waals surface area contributed by atoms with Crippen LogP contribution in [0.15, 0.2) is 28.7 Å². The molecular weight excluding hydrogens is 262 g/mol. The van der Waals surface area contributed by atoms with Gasteiger partial charge in [0, 0.05) is 17.5 Å². The summed E-state index contributed by atoms with van der Waals surface area (Å²) in [6, 6.07) is 9.47. The van der Waals surface area contributed by atoms with Gasteiger partial charge in [-0.15, -0.1) is 0 Å². The van der Waals surface area contributed by atoms with Crippen molar-refractivity contribution in [2.75, 3.05) is 7.05 Å². The third-order valence-electron chi connectivity index (χ3n) is 5.63. The van der Waals surface area contributed by atoms with Gasteiger partial charge in [-0.05, 0) is 57.2 Å². The number of nitrogens with zero attached hydrogens (tertiary/aromatic N) is 1. The molecule has 2 bridgehead atoms. The number of aliphatic hydroxyl groups excluding tert-OH is 1. The van der Waals surface area contributed by atoms with E-state index in [1.165, 1.54) is 12.8 Å². The van der Waals surface area contributed by atoms with Crippen molar-refractivity contribution in [1.82, 2.24) is 4.90 Å². The lowest BCUT2D eigenvalue weighted by Crippen LogP contribution is -2.41. The van der Waals surface area contributed by atoms with E-state index < -0.39 is 6.10 Å². The normalized spacial score (nSPS) is 30.9. The van der Waals surface area contributed by atoms with Crippen LogP contribution in [0, 0.1) is 12.8 Å². The molecule has 0 spiro atoms. The summed E-state index contributed by atoms with van der Waals surface area (Å²) in [5.41, 5.74) is 2.05. The molecule has 2 aliphatic rings.